The summed E-state index contributed by atoms with van der Waals surface area (Å²) in [5, 5.41) is 11.9. The molecule has 0 atom stereocenters. The highest BCUT2D eigenvalue weighted by Gasteiger charge is 2.10. The molecular formula is C20H23N3O3. The van der Waals surface area contributed by atoms with Crippen molar-refractivity contribution in [2.24, 2.45) is 0 Å². The Kier molecular flexibility index (Phi) is 6.86. The highest BCUT2D eigenvalue weighted by molar-refractivity contribution is 5.80. The summed E-state index contributed by atoms with van der Waals surface area (Å²) in [5.74, 6) is 1.36. The molecule has 0 radical (unpaired) electrons. The third-order valence-electron chi connectivity index (χ3n) is 4.07. The van der Waals surface area contributed by atoms with Gasteiger partial charge in [-0.15, -0.1) is 0 Å². The number of nitriles is 1. The van der Waals surface area contributed by atoms with Crippen LogP contribution in [0.15, 0.2) is 42.5 Å². The molecule has 0 unspecified atom stereocenters. The summed E-state index contributed by atoms with van der Waals surface area (Å²) in [6, 6.07) is 14.8. The Hall–Kier alpha value is -3.20. The first-order chi connectivity index (χ1) is 12.6. The van der Waals surface area contributed by atoms with Gasteiger partial charge in [-0.1, -0.05) is 6.07 Å². The van der Waals surface area contributed by atoms with E-state index < -0.39 is 0 Å². The van der Waals surface area contributed by atoms with E-state index in [-0.39, 0.29) is 12.5 Å². The Morgan fingerprint density at radius 1 is 1.12 bits per heavy atom. The second kappa shape index (κ2) is 9.33. The van der Waals surface area contributed by atoms with Crippen LogP contribution >= 0.6 is 0 Å². The molecule has 2 rings (SSSR count). The van der Waals surface area contributed by atoms with Crippen LogP contribution < -0.4 is 14.8 Å². The van der Waals surface area contributed by atoms with Crippen LogP contribution in [0.5, 0.6) is 11.5 Å². The molecule has 0 heterocycles. The minimum absolute atomic E-state index is 0.00478. The van der Waals surface area contributed by atoms with Crippen molar-refractivity contribution in [3.8, 4) is 17.6 Å². The van der Waals surface area contributed by atoms with E-state index in [1.54, 1.807) is 50.4 Å². The number of anilines is 1. The van der Waals surface area contributed by atoms with Gasteiger partial charge in [-0.05, 0) is 48.4 Å². The number of nitrogens with zero attached hydrogens (tertiary/aromatic N) is 2. The van der Waals surface area contributed by atoms with E-state index in [0.717, 1.165) is 17.7 Å². The van der Waals surface area contributed by atoms with Gasteiger partial charge >= 0.3 is 0 Å². The highest BCUT2D eigenvalue weighted by Crippen LogP contribution is 2.27. The summed E-state index contributed by atoms with van der Waals surface area (Å²) < 4.78 is 10.5. The van der Waals surface area contributed by atoms with Gasteiger partial charge < -0.3 is 19.7 Å². The van der Waals surface area contributed by atoms with Gasteiger partial charge in [0.05, 0.1) is 32.4 Å². The predicted molar refractivity (Wildman–Crippen MR) is 101 cm³/mol. The van der Waals surface area contributed by atoms with Crippen molar-refractivity contribution in [1.29, 1.82) is 5.26 Å². The van der Waals surface area contributed by atoms with Crippen molar-refractivity contribution < 1.29 is 14.3 Å². The molecule has 0 bridgehead atoms. The molecule has 2 aromatic rings. The highest BCUT2D eigenvalue weighted by atomic mass is 16.5. The van der Waals surface area contributed by atoms with Crippen molar-refractivity contribution in [2.45, 2.75) is 6.42 Å². The SMILES string of the molecule is COc1ccc(CCN(C)C(=O)CNc2ccc(C#N)cc2)cc1OC. The Bertz CT molecular complexity index is 782. The summed E-state index contributed by atoms with van der Waals surface area (Å²) in [6.45, 7) is 0.803. The molecule has 1 N–H and O–H groups in total. The first kappa shape index (κ1) is 19.1. The number of carbonyl (C=O) groups excluding carboxylic acids is 1. The first-order valence-corrected chi connectivity index (χ1v) is 8.26. The van der Waals surface area contributed by atoms with E-state index in [4.69, 9.17) is 14.7 Å². The molecule has 0 aliphatic heterocycles. The number of benzene rings is 2. The summed E-state index contributed by atoms with van der Waals surface area (Å²) >= 11 is 0. The number of hydrogen-bond donors (Lipinski definition) is 1. The normalized spacial score (nSPS) is 9.92. The molecule has 6 nitrogen and oxygen atoms in total. The molecule has 0 aromatic heterocycles. The lowest BCUT2D eigenvalue weighted by atomic mass is 10.1. The molecule has 1 amide bonds. The van der Waals surface area contributed by atoms with E-state index in [1.807, 2.05) is 18.2 Å². The molecule has 0 saturated heterocycles. The minimum atomic E-state index is -0.00478. The quantitative estimate of drug-likeness (QED) is 0.790. The van der Waals surface area contributed by atoms with Crippen LogP contribution in [-0.2, 0) is 11.2 Å². The molecule has 0 aliphatic carbocycles. The third-order valence-corrected chi connectivity index (χ3v) is 4.07. The van der Waals surface area contributed by atoms with Gasteiger partial charge in [0.25, 0.3) is 0 Å². The first-order valence-electron chi connectivity index (χ1n) is 8.26. The summed E-state index contributed by atoms with van der Waals surface area (Å²) in [5.41, 5.74) is 2.47. The number of hydrogen-bond acceptors (Lipinski definition) is 5. The number of likely N-dealkylation sites (N-methyl/N-ethyl adjacent to an activating group) is 1. The number of methoxy groups -OCH3 is 2. The zero-order valence-electron chi connectivity index (χ0n) is 15.3. The van der Waals surface area contributed by atoms with Crippen molar-refractivity contribution in [3.05, 3.63) is 53.6 Å². The van der Waals surface area contributed by atoms with Gasteiger partial charge in [0, 0.05) is 19.3 Å². The van der Waals surface area contributed by atoms with Gasteiger partial charge in [-0.3, -0.25) is 4.79 Å². The fraction of sp³-hybridized carbons (Fsp3) is 0.300. The summed E-state index contributed by atoms with van der Waals surface area (Å²) in [7, 11) is 4.99. The monoisotopic (exact) mass is 353 g/mol. The van der Waals surface area contributed by atoms with Crippen LogP contribution in [0.1, 0.15) is 11.1 Å². The lowest BCUT2D eigenvalue weighted by Crippen LogP contribution is -2.33. The standard InChI is InChI=1S/C20H23N3O3/c1-23(11-10-15-6-9-18(25-2)19(12-15)26-3)20(24)14-22-17-7-4-16(13-21)5-8-17/h4-9,12,22H,10-11,14H2,1-3H3. The number of nitrogens with one attached hydrogen (secondary N) is 1. The lowest BCUT2D eigenvalue weighted by molar-refractivity contribution is -0.127. The van der Waals surface area contributed by atoms with E-state index in [2.05, 4.69) is 11.4 Å². The molecule has 2 aromatic carbocycles. The van der Waals surface area contributed by atoms with Crippen LogP contribution in [0.3, 0.4) is 0 Å². The Morgan fingerprint density at radius 3 is 2.42 bits per heavy atom. The molecule has 6 heteroatoms. The van der Waals surface area contributed by atoms with Crippen molar-refractivity contribution >= 4 is 11.6 Å². The van der Waals surface area contributed by atoms with Crippen molar-refractivity contribution in [1.82, 2.24) is 4.90 Å². The van der Waals surface area contributed by atoms with Gasteiger partial charge in [-0.25, -0.2) is 0 Å². The van der Waals surface area contributed by atoms with Gasteiger partial charge in [-0.2, -0.15) is 5.26 Å². The van der Waals surface area contributed by atoms with Crippen LogP contribution in [0.4, 0.5) is 5.69 Å². The van der Waals surface area contributed by atoms with Gasteiger partial charge in [0.15, 0.2) is 11.5 Å². The van der Waals surface area contributed by atoms with Crippen LogP contribution in [-0.4, -0.2) is 45.2 Å². The topological polar surface area (TPSA) is 74.6 Å². The van der Waals surface area contributed by atoms with Crippen molar-refractivity contribution in [3.63, 3.8) is 0 Å². The summed E-state index contributed by atoms with van der Waals surface area (Å²) in [6.07, 6.45) is 0.722. The number of ether oxygens (including phenoxy) is 2. The average Bonchev–Trinajstić information content (AvgIpc) is 2.70. The smallest absolute Gasteiger partial charge is 0.241 e. The van der Waals surface area contributed by atoms with Gasteiger partial charge in [0.1, 0.15) is 0 Å². The molecule has 136 valence electrons. The molecule has 26 heavy (non-hydrogen) atoms. The lowest BCUT2D eigenvalue weighted by Gasteiger charge is -2.18. The average molecular weight is 353 g/mol. The van der Waals surface area contributed by atoms with Crippen molar-refractivity contribution in [2.75, 3.05) is 39.7 Å². The maximum absolute atomic E-state index is 12.3. The van der Waals surface area contributed by atoms with Crippen LogP contribution in [0, 0.1) is 11.3 Å². The number of rotatable bonds is 8. The third kappa shape index (κ3) is 5.15. The molecule has 0 aliphatic rings. The van der Waals surface area contributed by atoms with E-state index in [1.165, 1.54) is 0 Å². The molecule has 0 fully saturated rings. The fourth-order valence-corrected chi connectivity index (χ4v) is 2.43. The maximum Gasteiger partial charge on any atom is 0.241 e. The van der Waals surface area contributed by atoms with E-state index >= 15 is 0 Å². The van der Waals surface area contributed by atoms with E-state index in [9.17, 15) is 4.79 Å². The Balaban J connectivity index is 1.84. The zero-order valence-corrected chi connectivity index (χ0v) is 15.3. The largest absolute Gasteiger partial charge is 0.493 e. The second-order valence-electron chi connectivity index (χ2n) is 5.80. The summed E-state index contributed by atoms with van der Waals surface area (Å²) in [4.78, 5) is 13.9. The Labute approximate surface area is 153 Å². The van der Waals surface area contributed by atoms with E-state index in [0.29, 0.717) is 23.6 Å². The minimum Gasteiger partial charge on any atom is -0.493 e. The fourth-order valence-electron chi connectivity index (χ4n) is 2.43. The van der Waals surface area contributed by atoms with Gasteiger partial charge in [0.2, 0.25) is 5.91 Å². The van der Waals surface area contributed by atoms with Crippen LogP contribution in [0.25, 0.3) is 0 Å². The molecular weight excluding hydrogens is 330 g/mol. The second-order valence-corrected chi connectivity index (χ2v) is 5.80. The Morgan fingerprint density at radius 2 is 1.81 bits per heavy atom. The molecule has 0 spiro atoms. The maximum atomic E-state index is 12.3. The predicted octanol–water partition coefficient (Wildman–Crippen LogP) is 2.69. The number of amides is 1. The molecule has 0 saturated carbocycles. The zero-order chi connectivity index (χ0) is 18.9. The number of carbonyl (C=O) groups is 1. The van der Waals surface area contributed by atoms with Crippen LogP contribution in [0.2, 0.25) is 0 Å².